The number of hydrogen-bond donors (Lipinski definition) is 4. The maximum absolute atomic E-state index is 12.6. The summed E-state index contributed by atoms with van der Waals surface area (Å²) in [4.78, 5) is 29.5. The third-order valence-corrected chi connectivity index (χ3v) is 4.87. The SMILES string of the molecule is Nc1nc2c(C(=O)NCC3CCCN(Cc4c[nH]cn4)C3)cccc2[nH]1. The minimum Gasteiger partial charge on any atom is -0.369 e. The van der Waals surface area contributed by atoms with Crippen molar-refractivity contribution in [3.05, 3.63) is 42.0 Å². The zero-order chi connectivity index (χ0) is 17.9. The van der Waals surface area contributed by atoms with Crippen molar-refractivity contribution in [2.75, 3.05) is 25.4 Å². The van der Waals surface area contributed by atoms with Crippen LogP contribution in [-0.4, -0.2) is 50.4 Å². The second-order valence-electron chi connectivity index (χ2n) is 6.84. The van der Waals surface area contributed by atoms with Crippen LogP contribution in [-0.2, 0) is 6.54 Å². The minimum absolute atomic E-state index is 0.105. The first-order valence-electron chi connectivity index (χ1n) is 8.91. The Morgan fingerprint density at radius 3 is 3.19 bits per heavy atom. The molecule has 3 aromatic rings. The number of hydrogen-bond acceptors (Lipinski definition) is 5. The number of fused-ring (bicyclic) bond motifs is 1. The number of rotatable bonds is 5. The van der Waals surface area contributed by atoms with Gasteiger partial charge in [-0.1, -0.05) is 6.07 Å². The molecule has 1 fully saturated rings. The van der Waals surface area contributed by atoms with Crippen molar-refractivity contribution in [3.8, 4) is 0 Å². The lowest BCUT2D eigenvalue weighted by Crippen LogP contribution is -2.40. The highest BCUT2D eigenvalue weighted by atomic mass is 16.1. The van der Waals surface area contributed by atoms with Crippen LogP contribution in [0.2, 0.25) is 0 Å². The molecule has 2 aromatic heterocycles. The lowest BCUT2D eigenvalue weighted by molar-refractivity contribution is 0.0932. The molecule has 0 spiro atoms. The van der Waals surface area contributed by atoms with Gasteiger partial charge in [0.1, 0.15) is 5.52 Å². The van der Waals surface area contributed by atoms with Crippen molar-refractivity contribution in [1.29, 1.82) is 0 Å². The molecule has 4 rings (SSSR count). The molecular weight excluding hydrogens is 330 g/mol. The average molecular weight is 353 g/mol. The van der Waals surface area contributed by atoms with E-state index in [1.54, 1.807) is 12.4 Å². The maximum Gasteiger partial charge on any atom is 0.253 e. The van der Waals surface area contributed by atoms with Crippen LogP contribution in [0.4, 0.5) is 5.95 Å². The summed E-state index contributed by atoms with van der Waals surface area (Å²) >= 11 is 0. The number of piperidine rings is 1. The Bertz CT molecular complexity index is 886. The molecule has 3 heterocycles. The van der Waals surface area contributed by atoms with E-state index in [0.29, 0.717) is 29.5 Å². The molecule has 1 aliphatic rings. The quantitative estimate of drug-likeness (QED) is 0.555. The fourth-order valence-corrected chi connectivity index (χ4v) is 3.63. The molecule has 5 N–H and O–H groups in total. The molecule has 136 valence electrons. The monoisotopic (exact) mass is 353 g/mol. The second kappa shape index (κ2) is 7.17. The van der Waals surface area contributed by atoms with Crippen LogP contribution in [0.5, 0.6) is 0 Å². The van der Waals surface area contributed by atoms with Gasteiger partial charge in [0.25, 0.3) is 5.91 Å². The van der Waals surface area contributed by atoms with Crippen molar-refractivity contribution >= 4 is 22.9 Å². The first-order valence-corrected chi connectivity index (χ1v) is 8.91. The molecule has 1 aliphatic heterocycles. The Morgan fingerprint density at radius 2 is 2.35 bits per heavy atom. The normalized spacial score (nSPS) is 18.2. The van der Waals surface area contributed by atoms with Gasteiger partial charge in [0.05, 0.1) is 23.1 Å². The van der Waals surface area contributed by atoms with Gasteiger partial charge in [-0.2, -0.15) is 0 Å². The first-order chi connectivity index (χ1) is 12.7. The molecule has 1 atom stereocenters. The number of aromatic amines is 2. The number of para-hydroxylation sites is 1. The fraction of sp³-hybridized carbons (Fsp3) is 0.389. The van der Waals surface area contributed by atoms with Gasteiger partial charge < -0.3 is 21.0 Å². The lowest BCUT2D eigenvalue weighted by Gasteiger charge is -2.32. The van der Waals surface area contributed by atoms with Crippen LogP contribution in [0, 0.1) is 5.92 Å². The number of nitrogen functional groups attached to an aromatic ring is 1. The predicted octanol–water partition coefficient (Wildman–Crippen LogP) is 1.51. The van der Waals surface area contributed by atoms with Crippen molar-refractivity contribution < 1.29 is 4.79 Å². The summed E-state index contributed by atoms with van der Waals surface area (Å²) in [5.41, 5.74) is 8.71. The fourth-order valence-electron chi connectivity index (χ4n) is 3.63. The molecular formula is C18H23N7O. The van der Waals surface area contributed by atoms with Gasteiger partial charge in [0, 0.05) is 25.8 Å². The number of aromatic nitrogens is 4. The number of likely N-dealkylation sites (tertiary alicyclic amines) is 1. The molecule has 1 saturated heterocycles. The number of nitrogens with two attached hydrogens (primary N) is 1. The van der Waals surface area contributed by atoms with Crippen LogP contribution in [0.3, 0.4) is 0 Å². The molecule has 0 bridgehead atoms. The van der Waals surface area contributed by atoms with Gasteiger partial charge in [-0.05, 0) is 37.4 Å². The summed E-state index contributed by atoms with van der Waals surface area (Å²) < 4.78 is 0. The summed E-state index contributed by atoms with van der Waals surface area (Å²) in [5.74, 6) is 0.656. The predicted molar refractivity (Wildman–Crippen MR) is 99.4 cm³/mol. The van der Waals surface area contributed by atoms with Gasteiger partial charge in [0.2, 0.25) is 0 Å². The smallest absolute Gasteiger partial charge is 0.253 e. The van der Waals surface area contributed by atoms with Crippen LogP contribution >= 0.6 is 0 Å². The first kappa shape index (κ1) is 16.6. The number of anilines is 1. The van der Waals surface area contributed by atoms with Crippen LogP contribution in [0.1, 0.15) is 28.9 Å². The van der Waals surface area contributed by atoms with E-state index in [2.05, 4.69) is 30.2 Å². The summed E-state index contributed by atoms with van der Waals surface area (Å²) in [6.45, 7) is 3.54. The Balaban J connectivity index is 1.36. The summed E-state index contributed by atoms with van der Waals surface area (Å²) in [5, 5.41) is 3.07. The highest BCUT2D eigenvalue weighted by Gasteiger charge is 2.21. The number of H-pyrrole nitrogens is 2. The number of imidazole rings is 2. The molecule has 26 heavy (non-hydrogen) atoms. The number of nitrogens with one attached hydrogen (secondary N) is 3. The van der Waals surface area contributed by atoms with E-state index in [0.717, 1.165) is 43.7 Å². The van der Waals surface area contributed by atoms with Gasteiger partial charge in [-0.15, -0.1) is 0 Å². The van der Waals surface area contributed by atoms with E-state index < -0.39 is 0 Å². The molecule has 0 aliphatic carbocycles. The summed E-state index contributed by atoms with van der Waals surface area (Å²) in [6, 6.07) is 5.48. The molecule has 1 amide bonds. The van der Waals surface area contributed by atoms with E-state index in [1.807, 2.05) is 18.3 Å². The third kappa shape index (κ3) is 3.55. The van der Waals surface area contributed by atoms with Crippen LogP contribution < -0.4 is 11.1 Å². The minimum atomic E-state index is -0.105. The van der Waals surface area contributed by atoms with E-state index in [4.69, 9.17) is 5.73 Å². The number of carbonyl (C=O) groups excluding carboxylic acids is 1. The van der Waals surface area contributed by atoms with E-state index in [9.17, 15) is 4.79 Å². The Labute approximate surface area is 151 Å². The highest BCUT2D eigenvalue weighted by molar-refractivity contribution is 6.05. The number of carbonyl (C=O) groups is 1. The topological polar surface area (TPSA) is 116 Å². The van der Waals surface area contributed by atoms with Crippen molar-refractivity contribution in [1.82, 2.24) is 30.2 Å². The zero-order valence-corrected chi connectivity index (χ0v) is 14.5. The number of nitrogens with zero attached hydrogens (tertiary/aromatic N) is 3. The van der Waals surface area contributed by atoms with Crippen molar-refractivity contribution in [3.63, 3.8) is 0 Å². The molecule has 0 radical (unpaired) electrons. The van der Waals surface area contributed by atoms with Gasteiger partial charge in [0.15, 0.2) is 5.95 Å². The summed E-state index contributed by atoms with van der Waals surface area (Å²) in [7, 11) is 0. The molecule has 0 saturated carbocycles. The Morgan fingerprint density at radius 1 is 1.42 bits per heavy atom. The van der Waals surface area contributed by atoms with Gasteiger partial charge in [-0.25, -0.2) is 9.97 Å². The largest absolute Gasteiger partial charge is 0.369 e. The number of amides is 1. The number of benzene rings is 1. The van der Waals surface area contributed by atoms with Gasteiger partial charge in [-0.3, -0.25) is 9.69 Å². The standard InChI is InChI=1S/C18H23N7O/c19-18-23-15-5-1-4-14(16(15)24-18)17(26)21-7-12-3-2-6-25(9-12)10-13-8-20-11-22-13/h1,4-5,8,11-12H,2-3,6-7,9-10H2,(H,20,22)(H,21,26)(H3,19,23,24). The van der Waals surface area contributed by atoms with Crippen LogP contribution in [0.25, 0.3) is 11.0 Å². The maximum atomic E-state index is 12.6. The Kier molecular flexibility index (Phi) is 4.57. The third-order valence-electron chi connectivity index (χ3n) is 4.87. The van der Waals surface area contributed by atoms with Crippen LogP contribution in [0.15, 0.2) is 30.7 Å². The van der Waals surface area contributed by atoms with E-state index >= 15 is 0 Å². The average Bonchev–Trinajstić information content (AvgIpc) is 3.28. The Hall–Kier alpha value is -2.87. The van der Waals surface area contributed by atoms with E-state index in [-0.39, 0.29) is 5.91 Å². The zero-order valence-electron chi connectivity index (χ0n) is 14.5. The van der Waals surface area contributed by atoms with Crippen molar-refractivity contribution in [2.45, 2.75) is 19.4 Å². The molecule has 1 unspecified atom stereocenters. The van der Waals surface area contributed by atoms with Gasteiger partial charge >= 0.3 is 0 Å². The summed E-state index contributed by atoms with van der Waals surface area (Å²) in [6.07, 6.45) is 5.90. The molecule has 8 heteroatoms. The highest BCUT2D eigenvalue weighted by Crippen LogP contribution is 2.19. The molecule has 8 nitrogen and oxygen atoms in total. The molecule has 1 aromatic carbocycles. The van der Waals surface area contributed by atoms with E-state index in [1.165, 1.54) is 0 Å². The lowest BCUT2D eigenvalue weighted by atomic mass is 9.97. The van der Waals surface area contributed by atoms with Crippen molar-refractivity contribution in [2.24, 2.45) is 5.92 Å². The second-order valence-corrected chi connectivity index (χ2v) is 6.84.